The smallest absolute Gasteiger partial charge is 0.273 e. The average molecular weight is 288 g/mol. The topological polar surface area (TPSA) is 91.4 Å². The number of nitrogens with one attached hydrogen (secondary N) is 1. The van der Waals surface area contributed by atoms with Crippen molar-refractivity contribution in [2.75, 3.05) is 24.3 Å². The summed E-state index contributed by atoms with van der Waals surface area (Å²) in [5, 5.41) is 2.76. The van der Waals surface area contributed by atoms with Crippen molar-refractivity contribution in [3.05, 3.63) is 30.4 Å². The van der Waals surface area contributed by atoms with E-state index in [-0.39, 0.29) is 5.91 Å². The van der Waals surface area contributed by atoms with Crippen LogP contribution in [0.3, 0.4) is 0 Å². The fourth-order valence-corrected chi connectivity index (χ4v) is 2.10. The van der Waals surface area contributed by atoms with Gasteiger partial charge >= 0.3 is 0 Å². The molecule has 7 heteroatoms. The first-order valence-electron chi connectivity index (χ1n) is 6.62. The molecule has 3 rings (SSSR count). The normalized spacial score (nSPS) is 13.6. The predicted molar refractivity (Wildman–Crippen MR) is 77.6 cm³/mol. The number of imidazole rings is 1. The number of anilines is 2. The first-order valence-corrected chi connectivity index (χ1v) is 6.62. The Morgan fingerprint density at radius 1 is 1.33 bits per heavy atom. The van der Waals surface area contributed by atoms with Gasteiger partial charge in [0.25, 0.3) is 5.91 Å². The van der Waals surface area contributed by atoms with Crippen LogP contribution in [0.1, 0.15) is 16.9 Å². The Labute approximate surface area is 121 Å². The highest BCUT2D eigenvalue weighted by Gasteiger charge is 2.16. The minimum absolute atomic E-state index is 0.281. The summed E-state index contributed by atoms with van der Waals surface area (Å²) in [7, 11) is 1.75. The van der Waals surface area contributed by atoms with Crippen molar-refractivity contribution < 1.29 is 14.3 Å². The first kappa shape index (κ1) is 13.3. The molecule has 2 aromatic rings. The lowest BCUT2D eigenvalue weighted by atomic mass is 10.2. The van der Waals surface area contributed by atoms with E-state index in [1.54, 1.807) is 30.1 Å². The number of benzene rings is 1. The molecule has 3 N–H and O–H groups in total. The summed E-state index contributed by atoms with van der Waals surface area (Å²) in [4.78, 5) is 16.1. The molecule has 0 radical (unpaired) electrons. The Balaban J connectivity index is 1.87. The molecule has 0 unspecified atom stereocenters. The van der Waals surface area contributed by atoms with Gasteiger partial charge < -0.3 is 25.1 Å². The maximum absolute atomic E-state index is 12.2. The van der Waals surface area contributed by atoms with E-state index in [9.17, 15) is 4.79 Å². The van der Waals surface area contributed by atoms with Crippen LogP contribution in [-0.4, -0.2) is 28.7 Å². The van der Waals surface area contributed by atoms with E-state index in [2.05, 4.69) is 10.3 Å². The van der Waals surface area contributed by atoms with Gasteiger partial charge in [0.05, 0.1) is 37.1 Å². The number of ether oxygens (including phenoxy) is 2. The van der Waals surface area contributed by atoms with Gasteiger partial charge in [-0.25, -0.2) is 4.98 Å². The molecule has 7 nitrogen and oxygen atoms in total. The number of aryl methyl sites for hydroxylation is 1. The summed E-state index contributed by atoms with van der Waals surface area (Å²) >= 11 is 0. The first-order chi connectivity index (χ1) is 10.1. The largest absolute Gasteiger partial charge is 0.489 e. The molecule has 1 aromatic heterocycles. The number of carbonyl (C=O) groups is 1. The SMILES string of the molecule is Cn1cncc1C(=O)Nc1cc2c(cc1N)OCCCO2. The summed E-state index contributed by atoms with van der Waals surface area (Å²) in [6.45, 7) is 1.17. The van der Waals surface area contributed by atoms with Crippen molar-refractivity contribution in [3.63, 3.8) is 0 Å². The number of aromatic nitrogens is 2. The van der Waals surface area contributed by atoms with Crippen LogP contribution in [0.2, 0.25) is 0 Å². The molecule has 0 spiro atoms. The average Bonchev–Trinajstić information content (AvgIpc) is 2.75. The number of fused-ring (bicyclic) bond motifs is 1. The number of nitrogens with two attached hydrogens (primary N) is 1. The Hall–Kier alpha value is -2.70. The van der Waals surface area contributed by atoms with Gasteiger partial charge in [-0.3, -0.25) is 4.79 Å². The highest BCUT2D eigenvalue weighted by molar-refractivity contribution is 6.04. The molecule has 21 heavy (non-hydrogen) atoms. The number of hydrogen-bond donors (Lipinski definition) is 2. The molecule has 0 bridgehead atoms. The van der Waals surface area contributed by atoms with E-state index >= 15 is 0 Å². The predicted octanol–water partition coefficient (Wildman–Crippen LogP) is 1.42. The summed E-state index contributed by atoms with van der Waals surface area (Å²) in [5.74, 6) is 0.904. The van der Waals surface area contributed by atoms with Gasteiger partial charge in [-0.2, -0.15) is 0 Å². The van der Waals surface area contributed by atoms with Gasteiger partial charge in [-0.1, -0.05) is 0 Å². The maximum Gasteiger partial charge on any atom is 0.273 e. The van der Waals surface area contributed by atoms with Crippen LogP contribution in [0.15, 0.2) is 24.7 Å². The molecule has 0 fully saturated rings. The molecular formula is C14H16N4O3. The van der Waals surface area contributed by atoms with Crippen LogP contribution in [0.4, 0.5) is 11.4 Å². The van der Waals surface area contributed by atoms with Gasteiger partial charge in [0.2, 0.25) is 0 Å². The minimum atomic E-state index is -0.281. The van der Waals surface area contributed by atoms with Crippen molar-refractivity contribution in [1.82, 2.24) is 9.55 Å². The number of carbonyl (C=O) groups excluding carboxylic acids is 1. The molecule has 1 aromatic carbocycles. The Kier molecular flexibility index (Phi) is 3.39. The van der Waals surface area contributed by atoms with Crippen LogP contribution in [0.25, 0.3) is 0 Å². The van der Waals surface area contributed by atoms with Gasteiger partial charge in [0.15, 0.2) is 11.5 Å². The van der Waals surface area contributed by atoms with E-state index in [4.69, 9.17) is 15.2 Å². The molecule has 0 aliphatic carbocycles. The van der Waals surface area contributed by atoms with E-state index in [1.165, 1.54) is 6.20 Å². The zero-order valence-corrected chi connectivity index (χ0v) is 11.6. The van der Waals surface area contributed by atoms with Crippen molar-refractivity contribution in [2.24, 2.45) is 7.05 Å². The summed E-state index contributed by atoms with van der Waals surface area (Å²) in [6, 6.07) is 3.35. The zero-order chi connectivity index (χ0) is 14.8. The second-order valence-electron chi connectivity index (χ2n) is 4.78. The molecule has 2 heterocycles. The molecule has 110 valence electrons. The number of amides is 1. The fraction of sp³-hybridized carbons (Fsp3) is 0.286. The third kappa shape index (κ3) is 2.62. The van der Waals surface area contributed by atoms with Crippen molar-refractivity contribution in [1.29, 1.82) is 0 Å². The fourth-order valence-electron chi connectivity index (χ4n) is 2.10. The van der Waals surface area contributed by atoms with Crippen molar-refractivity contribution >= 4 is 17.3 Å². The van der Waals surface area contributed by atoms with Crippen LogP contribution in [0, 0.1) is 0 Å². The summed E-state index contributed by atoms with van der Waals surface area (Å²) < 4.78 is 12.8. The summed E-state index contributed by atoms with van der Waals surface area (Å²) in [5.41, 5.74) is 7.33. The molecule has 1 aliphatic heterocycles. The lowest BCUT2D eigenvalue weighted by molar-refractivity contribution is 0.101. The second kappa shape index (κ2) is 5.35. The molecule has 0 saturated carbocycles. The van der Waals surface area contributed by atoms with Gasteiger partial charge in [0, 0.05) is 25.6 Å². The Morgan fingerprint density at radius 2 is 2.05 bits per heavy atom. The number of hydrogen-bond acceptors (Lipinski definition) is 5. The third-order valence-electron chi connectivity index (χ3n) is 3.22. The number of nitrogens with zero attached hydrogens (tertiary/aromatic N) is 2. The maximum atomic E-state index is 12.2. The highest BCUT2D eigenvalue weighted by atomic mass is 16.5. The third-order valence-corrected chi connectivity index (χ3v) is 3.22. The standard InChI is InChI=1S/C14H16N4O3/c1-18-8-16-7-11(18)14(19)17-10-6-13-12(5-9(10)15)20-3-2-4-21-13/h5-8H,2-4,15H2,1H3,(H,17,19). The van der Waals surface area contributed by atoms with Crippen LogP contribution in [-0.2, 0) is 7.05 Å². The van der Waals surface area contributed by atoms with Crippen molar-refractivity contribution in [3.8, 4) is 11.5 Å². The monoisotopic (exact) mass is 288 g/mol. The van der Waals surface area contributed by atoms with E-state index in [1.807, 2.05) is 0 Å². The van der Waals surface area contributed by atoms with E-state index < -0.39 is 0 Å². The van der Waals surface area contributed by atoms with Crippen molar-refractivity contribution in [2.45, 2.75) is 6.42 Å². The van der Waals surface area contributed by atoms with Crippen LogP contribution in [0.5, 0.6) is 11.5 Å². The van der Waals surface area contributed by atoms with E-state index in [0.717, 1.165) is 6.42 Å². The number of rotatable bonds is 2. The summed E-state index contributed by atoms with van der Waals surface area (Å²) in [6.07, 6.45) is 3.87. The van der Waals surface area contributed by atoms with E-state index in [0.29, 0.717) is 41.8 Å². The minimum Gasteiger partial charge on any atom is -0.489 e. The number of nitrogen functional groups attached to an aromatic ring is 1. The van der Waals surface area contributed by atoms with Gasteiger partial charge in [-0.15, -0.1) is 0 Å². The molecular weight excluding hydrogens is 272 g/mol. The van der Waals surface area contributed by atoms with Crippen LogP contribution >= 0.6 is 0 Å². The quantitative estimate of drug-likeness (QED) is 0.815. The molecule has 1 aliphatic rings. The molecule has 0 saturated heterocycles. The lowest BCUT2D eigenvalue weighted by Crippen LogP contribution is -2.16. The molecule has 0 atom stereocenters. The highest BCUT2D eigenvalue weighted by Crippen LogP contribution is 2.36. The van der Waals surface area contributed by atoms with Gasteiger partial charge in [-0.05, 0) is 0 Å². The Bertz CT molecular complexity index is 681. The second-order valence-corrected chi connectivity index (χ2v) is 4.78. The van der Waals surface area contributed by atoms with Crippen LogP contribution < -0.4 is 20.5 Å². The zero-order valence-electron chi connectivity index (χ0n) is 11.6. The lowest BCUT2D eigenvalue weighted by Gasteiger charge is -2.13. The van der Waals surface area contributed by atoms with Gasteiger partial charge in [0.1, 0.15) is 5.69 Å². The molecule has 1 amide bonds. The Morgan fingerprint density at radius 3 is 2.71 bits per heavy atom.